The Labute approximate surface area is 206 Å². The molecule has 0 bridgehead atoms. The summed E-state index contributed by atoms with van der Waals surface area (Å²) in [6, 6.07) is 7.98. The Balaban J connectivity index is 2.09. The van der Waals surface area contributed by atoms with Crippen molar-refractivity contribution >= 4 is 28.4 Å². The van der Waals surface area contributed by atoms with Gasteiger partial charge in [0, 0.05) is 29.2 Å². The lowest BCUT2D eigenvalue weighted by atomic mass is 9.91. The molecule has 0 saturated carbocycles. The van der Waals surface area contributed by atoms with Crippen LogP contribution in [0.2, 0.25) is 0 Å². The normalized spacial score (nSPS) is 19.2. The van der Waals surface area contributed by atoms with Crippen LogP contribution in [0.25, 0.3) is 16.5 Å². The van der Waals surface area contributed by atoms with Crippen molar-refractivity contribution < 1.29 is 33.3 Å². The molecule has 1 aromatic carbocycles. The molecular formula is C27H35NO7. The fourth-order valence-electron chi connectivity index (χ4n) is 4.19. The highest BCUT2D eigenvalue weighted by molar-refractivity contribution is 6.14. The van der Waals surface area contributed by atoms with E-state index in [1.54, 1.807) is 13.8 Å². The standard InChI is InChI=1S/C27H35NO7/c1-18(2)23-25(19(3)24-20(4)28(5)22-9-7-6-8-21(22)24)27(30)35-17-15-33-13-11-31-10-12-32-14-16-34-26(23)29/h6-9H,10-17H2,1-5H3/b25-19-. The first-order valence-electron chi connectivity index (χ1n) is 11.8. The number of para-hydroxylation sites is 1. The molecule has 0 atom stereocenters. The molecule has 0 radical (unpaired) electrons. The molecule has 190 valence electrons. The molecule has 1 aliphatic heterocycles. The number of fused-ring (bicyclic) bond motifs is 1. The summed E-state index contributed by atoms with van der Waals surface area (Å²) < 4.78 is 29.5. The van der Waals surface area contributed by atoms with Gasteiger partial charge in [-0.25, -0.2) is 9.59 Å². The largest absolute Gasteiger partial charge is 0.460 e. The molecule has 0 aliphatic carbocycles. The van der Waals surface area contributed by atoms with E-state index in [0.29, 0.717) is 37.6 Å². The minimum atomic E-state index is -0.594. The van der Waals surface area contributed by atoms with Crippen LogP contribution in [0.3, 0.4) is 0 Å². The van der Waals surface area contributed by atoms with E-state index < -0.39 is 11.9 Å². The lowest BCUT2D eigenvalue weighted by Gasteiger charge is -2.17. The van der Waals surface area contributed by atoms with Crippen LogP contribution in [0.4, 0.5) is 0 Å². The maximum absolute atomic E-state index is 13.5. The highest BCUT2D eigenvalue weighted by Gasteiger charge is 2.29. The summed E-state index contributed by atoms with van der Waals surface area (Å²) in [5.41, 5.74) is 4.61. The maximum Gasteiger partial charge on any atom is 0.339 e. The number of carbonyl (C=O) groups excluding carboxylic acids is 2. The number of hydrogen-bond acceptors (Lipinski definition) is 7. The summed E-state index contributed by atoms with van der Waals surface area (Å²) in [6.07, 6.45) is 0. The van der Waals surface area contributed by atoms with Gasteiger partial charge in [0.2, 0.25) is 0 Å². The molecule has 3 rings (SSSR count). The molecular weight excluding hydrogens is 450 g/mol. The Hall–Kier alpha value is -2.94. The average Bonchev–Trinajstić information content (AvgIpc) is 3.09. The van der Waals surface area contributed by atoms with Crippen molar-refractivity contribution in [3.8, 4) is 0 Å². The van der Waals surface area contributed by atoms with Crippen LogP contribution in [0.1, 0.15) is 32.0 Å². The van der Waals surface area contributed by atoms with Crippen molar-refractivity contribution in [2.75, 3.05) is 52.9 Å². The van der Waals surface area contributed by atoms with Crippen molar-refractivity contribution in [1.29, 1.82) is 0 Å². The molecule has 0 N–H and O–H groups in total. The quantitative estimate of drug-likeness (QED) is 0.449. The number of aryl methyl sites for hydroxylation is 1. The van der Waals surface area contributed by atoms with Crippen LogP contribution in [0.5, 0.6) is 0 Å². The van der Waals surface area contributed by atoms with Gasteiger partial charge in [-0.2, -0.15) is 0 Å². The second-order valence-corrected chi connectivity index (χ2v) is 8.52. The molecule has 8 heteroatoms. The first-order valence-corrected chi connectivity index (χ1v) is 11.8. The van der Waals surface area contributed by atoms with Gasteiger partial charge in [0.15, 0.2) is 0 Å². The van der Waals surface area contributed by atoms with Crippen molar-refractivity contribution in [3.05, 3.63) is 52.2 Å². The van der Waals surface area contributed by atoms with Gasteiger partial charge < -0.3 is 28.3 Å². The Kier molecular flexibility index (Phi) is 9.65. The fraction of sp³-hybridized carbons (Fsp3) is 0.481. The first-order chi connectivity index (χ1) is 16.8. The van der Waals surface area contributed by atoms with Gasteiger partial charge in [-0.1, -0.05) is 23.8 Å². The monoisotopic (exact) mass is 485 g/mol. The van der Waals surface area contributed by atoms with E-state index in [2.05, 4.69) is 4.57 Å². The number of ether oxygens (including phenoxy) is 5. The van der Waals surface area contributed by atoms with Gasteiger partial charge in [-0.3, -0.25) is 0 Å². The molecule has 1 fully saturated rings. The first kappa shape index (κ1) is 26.7. The number of benzene rings is 1. The topological polar surface area (TPSA) is 85.2 Å². The number of esters is 2. The van der Waals surface area contributed by atoms with Crippen molar-refractivity contribution in [2.45, 2.75) is 27.7 Å². The molecule has 1 saturated heterocycles. The summed E-state index contributed by atoms with van der Waals surface area (Å²) in [5, 5.41) is 0.992. The second-order valence-electron chi connectivity index (χ2n) is 8.52. The number of allylic oxidation sites excluding steroid dienone is 2. The SMILES string of the molecule is CC(C)=C1C(=O)OCCOCCOCCOCCOC(=O)/C1=C(/C)c1c(C)n(C)c2ccccc12. The van der Waals surface area contributed by atoms with Crippen LogP contribution in [0, 0.1) is 6.92 Å². The van der Waals surface area contributed by atoms with Crippen molar-refractivity contribution in [2.24, 2.45) is 7.05 Å². The van der Waals surface area contributed by atoms with Crippen LogP contribution in [0.15, 0.2) is 41.0 Å². The smallest absolute Gasteiger partial charge is 0.339 e. The molecule has 0 amide bonds. The Bertz CT molecular complexity index is 1120. The second kappa shape index (κ2) is 12.7. The van der Waals surface area contributed by atoms with Gasteiger partial charge in [-0.05, 0) is 39.3 Å². The van der Waals surface area contributed by atoms with E-state index in [-0.39, 0.29) is 37.6 Å². The molecule has 1 aromatic heterocycles. The van der Waals surface area contributed by atoms with Gasteiger partial charge in [0.1, 0.15) is 13.2 Å². The zero-order chi connectivity index (χ0) is 25.4. The molecule has 0 unspecified atom stereocenters. The highest BCUT2D eigenvalue weighted by atomic mass is 16.6. The number of nitrogens with zero attached hydrogens (tertiary/aromatic N) is 1. The van der Waals surface area contributed by atoms with Crippen LogP contribution in [-0.2, 0) is 40.3 Å². The summed E-state index contributed by atoms with van der Waals surface area (Å²) in [6.45, 7) is 9.59. The lowest BCUT2D eigenvalue weighted by molar-refractivity contribution is -0.144. The third-order valence-electron chi connectivity index (χ3n) is 5.97. The van der Waals surface area contributed by atoms with E-state index in [4.69, 9.17) is 23.7 Å². The molecule has 2 aromatic rings. The number of aromatic nitrogens is 1. The van der Waals surface area contributed by atoms with Crippen molar-refractivity contribution in [1.82, 2.24) is 4.57 Å². The zero-order valence-corrected chi connectivity index (χ0v) is 21.3. The number of rotatable bonds is 1. The maximum atomic E-state index is 13.5. The van der Waals surface area contributed by atoms with E-state index in [1.165, 1.54) is 0 Å². The third kappa shape index (κ3) is 6.39. The Morgan fingerprint density at radius 3 is 1.77 bits per heavy atom. The Morgan fingerprint density at radius 2 is 1.23 bits per heavy atom. The van der Waals surface area contributed by atoms with E-state index in [0.717, 1.165) is 22.2 Å². The third-order valence-corrected chi connectivity index (χ3v) is 5.97. The lowest BCUT2D eigenvalue weighted by Crippen LogP contribution is -2.22. The summed E-state index contributed by atoms with van der Waals surface area (Å²) in [7, 11) is 1.98. The van der Waals surface area contributed by atoms with Crippen molar-refractivity contribution in [3.63, 3.8) is 0 Å². The van der Waals surface area contributed by atoms with E-state index in [1.807, 2.05) is 45.2 Å². The number of cyclic esters (lactones) is 2. The summed E-state index contributed by atoms with van der Waals surface area (Å²) in [4.78, 5) is 26.7. The molecule has 2 heterocycles. The van der Waals surface area contributed by atoms with Crippen LogP contribution in [-0.4, -0.2) is 69.4 Å². The summed E-state index contributed by atoms with van der Waals surface area (Å²) >= 11 is 0. The van der Waals surface area contributed by atoms with Gasteiger partial charge in [-0.15, -0.1) is 0 Å². The van der Waals surface area contributed by atoms with E-state index >= 15 is 0 Å². The van der Waals surface area contributed by atoms with Gasteiger partial charge >= 0.3 is 11.9 Å². The Morgan fingerprint density at radius 1 is 0.743 bits per heavy atom. The average molecular weight is 486 g/mol. The predicted octanol–water partition coefficient (Wildman–Crippen LogP) is 3.75. The molecule has 35 heavy (non-hydrogen) atoms. The van der Waals surface area contributed by atoms with Gasteiger partial charge in [0.25, 0.3) is 0 Å². The number of carbonyl (C=O) groups is 2. The summed E-state index contributed by atoms with van der Waals surface area (Å²) in [5.74, 6) is -1.18. The van der Waals surface area contributed by atoms with Gasteiger partial charge in [0.05, 0.1) is 50.8 Å². The van der Waals surface area contributed by atoms with E-state index in [9.17, 15) is 9.59 Å². The predicted molar refractivity (Wildman–Crippen MR) is 133 cm³/mol. The minimum absolute atomic E-state index is 0.0539. The zero-order valence-electron chi connectivity index (χ0n) is 21.3. The molecule has 8 nitrogen and oxygen atoms in total. The highest BCUT2D eigenvalue weighted by Crippen LogP contribution is 2.35. The fourth-order valence-corrected chi connectivity index (χ4v) is 4.19. The number of hydrogen-bond donors (Lipinski definition) is 0. The van der Waals surface area contributed by atoms with Crippen LogP contribution >= 0.6 is 0 Å². The molecule has 0 spiro atoms. The van der Waals surface area contributed by atoms with Crippen LogP contribution < -0.4 is 0 Å². The minimum Gasteiger partial charge on any atom is -0.460 e. The molecule has 1 aliphatic rings.